The fourth-order valence-electron chi connectivity index (χ4n) is 7.01. The maximum atomic E-state index is 13.3. The van der Waals surface area contributed by atoms with Crippen LogP contribution in [0.1, 0.15) is 81.2 Å². The van der Waals surface area contributed by atoms with E-state index in [0.29, 0.717) is 18.1 Å². The van der Waals surface area contributed by atoms with Crippen LogP contribution in [0.25, 0.3) is 6.08 Å². The summed E-state index contributed by atoms with van der Waals surface area (Å²) in [6.07, 6.45) is 9.11. The highest BCUT2D eigenvalue weighted by molar-refractivity contribution is 6.35. The summed E-state index contributed by atoms with van der Waals surface area (Å²) >= 11 is 0. The van der Waals surface area contributed by atoms with E-state index in [4.69, 9.17) is 10.2 Å². The molecular formula is C32H39N5O7. The van der Waals surface area contributed by atoms with Crippen LogP contribution in [0, 0.1) is 16.7 Å². The van der Waals surface area contributed by atoms with Crippen LogP contribution >= 0.6 is 0 Å². The maximum Gasteiger partial charge on any atom is 0.287 e. The molecule has 4 atom stereocenters. The Morgan fingerprint density at radius 3 is 2.61 bits per heavy atom. The summed E-state index contributed by atoms with van der Waals surface area (Å²) in [6, 6.07) is 3.22. The lowest BCUT2D eigenvalue weighted by molar-refractivity contribution is -0.136. The highest BCUT2D eigenvalue weighted by atomic mass is 16.4. The van der Waals surface area contributed by atoms with E-state index in [0.717, 1.165) is 31.2 Å². The van der Waals surface area contributed by atoms with Crippen molar-refractivity contribution in [3.8, 4) is 0 Å². The second kappa shape index (κ2) is 11.9. The number of ketones is 1. The second-order valence-corrected chi connectivity index (χ2v) is 12.9. The molecule has 2 aromatic rings. The summed E-state index contributed by atoms with van der Waals surface area (Å²) in [5, 5.41) is 8.18. The van der Waals surface area contributed by atoms with Crippen molar-refractivity contribution in [1.82, 2.24) is 15.2 Å². The molecule has 3 aliphatic carbocycles. The topological polar surface area (TPSA) is 183 Å². The van der Waals surface area contributed by atoms with E-state index in [2.05, 4.69) is 36.7 Å². The minimum atomic E-state index is -1.30. The van der Waals surface area contributed by atoms with E-state index in [1.165, 1.54) is 22.9 Å². The Kier molecular flexibility index (Phi) is 8.37. The highest BCUT2D eigenvalue weighted by Crippen LogP contribution is 2.65. The summed E-state index contributed by atoms with van der Waals surface area (Å²) in [5.41, 5.74) is 5.29. The molecule has 0 radical (unpaired) electrons. The Balaban J connectivity index is 1.27. The molecule has 5 rings (SSSR count). The molecule has 0 spiro atoms. The first-order valence-corrected chi connectivity index (χ1v) is 15.0. The molecular weight excluding hydrogens is 566 g/mol. The molecule has 4 unspecified atom stereocenters. The summed E-state index contributed by atoms with van der Waals surface area (Å²) in [7, 11) is 0. The van der Waals surface area contributed by atoms with E-state index < -0.39 is 41.5 Å². The third kappa shape index (κ3) is 5.85. The molecule has 3 aliphatic rings. The number of rotatable bonds is 11. The molecule has 12 heteroatoms. The largest absolute Gasteiger partial charge is 0.451 e. The average molecular weight is 606 g/mol. The first kappa shape index (κ1) is 31.0. The van der Waals surface area contributed by atoms with Crippen molar-refractivity contribution in [1.29, 1.82) is 0 Å². The second-order valence-electron chi connectivity index (χ2n) is 12.9. The van der Waals surface area contributed by atoms with Crippen LogP contribution in [-0.4, -0.2) is 46.1 Å². The number of anilines is 1. The van der Waals surface area contributed by atoms with Gasteiger partial charge in [0.1, 0.15) is 24.0 Å². The molecule has 0 aromatic carbocycles. The van der Waals surface area contributed by atoms with Crippen molar-refractivity contribution in [3.05, 3.63) is 57.9 Å². The Bertz CT molecular complexity index is 1600. The van der Waals surface area contributed by atoms with Gasteiger partial charge in [-0.25, -0.2) is 0 Å². The van der Waals surface area contributed by atoms with Crippen molar-refractivity contribution >= 4 is 41.2 Å². The van der Waals surface area contributed by atoms with E-state index in [1.807, 2.05) is 6.08 Å². The number of Topliss-reactive ketones (excluding diaryl/α,β-unsaturated/α-hetero) is 1. The number of aryl methyl sites for hydroxylation is 1. The predicted octanol–water partition coefficient (Wildman–Crippen LogP) is 2.30. The highest BCUT2D eigenvalue weighted by Gasteiger charge is 2.61. The van der Waals surface area contributed by atoms with Crippen LogP contribution in [0.4, 0.5) is 5.69 Å². The Morgan fingerprint density at radius 2 is 1.95 bits per heavy atom. The molecule has 0 aliphatic heterocycles. The van der Waals surface area contributed by atoms with E-state index in [9.17, 15) is 28.8 Å². The molecule has 5 N–H and O–H groups in total. The third-order valence-electron chi connectivity index (χ3n) is 10.2. The number of nitrogens with two attached hydrogens (primary N) is 1. The van der Waals surface area contributed by atoms with Gasteiger partial charge < -0.3 is 30.7 Å². The van der Waals surface area contributed by atoms with Crippen LogP contribution in [0.5, 0.6) is 0 Å². The van der Waals surface area contributed by atoms with Gasteiger partial charge >= 0.3 is 0 Å². The number of nitrogens with one attached hydrogen (secondary N) is 3. The minimum Gasteiger partial charge on any atom is -0.451 e. The number of primary amides is 1. The molecule has 2 bridgehead atoms. The number of pyridine rings is 1. The van der Waals surface area contributed by atoms with E-state index in [1.54, 1.807) is 12.1 Å². The number of fused-ring (bicyclic) bond motifs is 3. The summed E-state index contributed by atoms with van der Waals surface area (Å²) < 4.78 is 6.83. The number of aromatic nitrogens is 1. The van der Waals surface area contributed by atoms with Crippen LogP contribution in [0.2, 0.25) is 0 Å². The summed E-state index contributed by atoms with van der Waals surface area (Å²) in [4.78, 5) is 75.8. The van der Waals surface area contributed by atoms with Gasteiger partial charge in [0, 0.05) is 18.7 Å². The predicted molar refractivity (Wildman–Crippen MR) is 161 cm³/mol. The fraction of sp³-hybridized carbons (Fsp3) is 0.500. The van der Waals surface area contributed by atoms with Crippen LogP contribution < -0.4 is 27.2 Å². The monoisotopic (exact) mass is 605 g/mol. The molecule has 234 valence electrons. The van der Waals surface area contributed by atoms with Gasteiger partial charge in [0.2, 0.25) is 17.6 Å². The zero-order valence-corrected chi connectivity index (χ0v) is 25.2. The zero-order chi connectivity index (χ0) is 31.8. The number of amides is 4. The molecule has 2 aromatic heterocycles. The lowest BCUT2D eigenvalue weighted by Crippen LogP contribution is -2.48. The van der Waals surface area contributed by atoms with Gasteiger partial charge in [0.15, 0.2) is 5.76 Å². The normalized spacial score (nSPS) is 23.4. The van der Waals surface area contributed by atoms with Gasteiger partial charge in [0.25, 0.3) is 17.4 Å². The number of allylic oxidation sites excluding steroid dienone is 1. The first-order valence-electron chi connectivity index (χ1n) is 15.0. The lowest BCUT2D eigenvalue weighted by atomic mass is 9.69. The molecule has 2 fully saturated rings. The number of hydrogen-bond acceptors (Lipinski definition) is 7. The standard InChI is InChI=1S/C32H39N5O7/c1-31(2)19-12-13-32(31,3)25(16-19)36-26(39)17-37-14-6-8-21(30(37)43)35-28(41)20(10-11-22(38)27(33)40)34-29(42)24-15-18-7-4-5-9-23(18)44-24/h5-6,8-9,14-15,19-20,25H,4,7,10-13,16-17H2,1-3H3,(H2,33,40)(H,34,42)(H,35,41)(H,36,39). The molecule has 2 saturated carbocycles. The first-order chi connectivity index (χ1) is 20.8. The van der Waals surface area contributed by atoms with Crippen LogP contribution in [-0.2, 0) is 32.1 Å². The zero-order valence-electron chi connectivity index (χ0n) is 25.2. The Hall–Kier alpha value is -4.48. The molecule has 4 amide bonds. The van der Waals surface area contributed by atoms with E-state index in [-0.39, 0.29) is 47.2 Å². The van der Waals surface area contributed by atoms with Gasteiger partial charge in [-0.1, -0.05) is 26.8 Å². The number of carbonyl (C=O) groups excluding carboxylic acids is 5. The van der Waals surface area contributed by atoms with Crippen molar-refractivity contribution in [3.63, 3.8) is 0 Å². The lowest BCUT2D eigenvalue weighted by Gasteiger charge is -2.39. The molecule has 44 heavy (non-hydrogen) atoms. The van der Waals surface area contributed by atoms with Crippen molar-refractivity contribution in [2.75, 3.05) is 5.32 Å². The SMILES string of the molecule is CC1(C)C2CCC1(C)C(NC(=O)Cn1cccc(NC(=O)C(CCC(=O)C(N)=O)NC(=O)c3cc4c(o3)C=CCC4)c1=O)C2. The Labute approximate surface area is 254 Å². The smallest absolute Gasteiger partial charge is 0.287 e. The van der Waals surface area contributed by atoms with Gasteiger partial charge in [-0.3, -0.25) is 28.8 Å². The Morgan fingerprint density at radius 1 is 1.18 bits per heavy atom. The van der Waals surface area contributed by atoms with Gasteiger partial charge in [0.05, 0.1) is 0 Å². The van der Waals surface area contributed by atoms with Gasteiger partial charge in [-0.05, 0) is 85.1 Å². The van der Waals surface area contributed by atoms with Gasteiger partial charge in [-0.2, -0.15) is 0 Å². The van der Waals surface area contributed by atoms with Gasteiger partial charge in [-0.15, -0.1) is 0 Å². The molecule has 2 heterocycles. The number of hydrogen-bond donors (Lipinski definition) is 4. The van der Waals surface area contributed by atoms with Crippen LogP contribution in [0.3, 0.4) is 0 Å². The van der Waals surface area contributed by atoms with Crippen LogP contribution in [0.15, 0.2) is 39.7 Å². The quantitative estimate of drug-likeness (QED) is 0.283. The fourth-order valence-corrected chi connectivity index (χ4v) is 7.01. The minimum absolute atomic E-state index is 0.0126. The number of nitrogens with zero attached hydrogens (tertiary/aromatic N) is 1. The molecule has 12 nitrogen and oxygen atoms in total. The van der Waals surface area contributed by atoms with Crippen molar-refractivity contribution in [2.45, 2.75) is 84.3 Å². The average Bonchev–Trinajstić information content (AvgIpc) is 3.57. The third-order valence-corrected chi connectivity index (χ3v) is 10.2. The molecule has 0 saturated heterocycles. The summed E-state index contributed by atoms with van der Waals surface area (Å²) in [6.45, 7) is 6.50. The van der Waals surface area contributed by atoms with Crippen molar-refractivity contribution < 1.29 is 28.4 Å². The summed E-state index contributed by atoms with van der Waals surface area (Å²) in [5.74, 6) is -2.76. The number of furan rings is 1. The van der Waals surface area contributed by atoms with Crippen molar-refractivity contribution in [2.24, 2.45) is 22.5 Å². The number of carbonyl (C=O) groups is 5. The van der Waals surface area contributed by atoms with E-state index >= 15 is 0 Å². The maximum absolute atomic E-state index is 13.3.